The number of esters is 1. The molecule has 1 aromatic rings. The molecule has 0 radical (unpaired) electrons. The molecular weight excluding hydrogens is 382 g/mol. The first-order valence-corrected chi connectivity index (χ1v) is 11.3. The van der Waals surface area contributed by atoms with Crippen LogP contribution in [0.15, 0.2) is 30.3 Å². The fraction of sp³-hybridized carbons (Fsp3) is 0.708. The van der Waals surface area contributed by atoms with Gasteiger partial charge in [0.05, 0.1) is 5.56 Å². The zero-order valence-corrected chi connectivity index (χ0v) is 18.3. The van der Waals surface area contributed by atoms with Gasteiger partial charge in [0, 0.05) is 17.8 Å². The van der Waals surface area contributed by atoms with Crippen molar-refractivity contribution in [2.45, 2.75) is 84.0 Å². The summed E-state index contributed by atoms with van der Waals surface area (Å²) < 4.78 is 5.99. The van der Waals surface area contributed by atoms with Crippen molar-refractivity contribution in [2.75, 3.05) is 0 Å². The largest absolute Gasteiger partial charge is 0.458 e. The van der Waals surface area contributed by atoms with Crippen molar-refractivity contribution >= 4 is 5.97 Å². The summed E-state index contributed by atoms with van der Waals surface area (Å²) in [6, 6.07) is 8.25. The molecule has 3 rings (SSSR count). The van der Waals surface area contributed by atoms with Crippen LogP contribution < -0.4 is 0 Å². The van der Waals surface area contributed by atoms with E-state index in [0.29, 0.717) is 29.7 Å². The number of aliphatic hydroxyl groups excluding tert-OH is 1. The minimum atomic E-state index is -0.930. The molecule has 0 bridgehead atoms. The van der Waals surface area contributed by atoms with Crippen LogP contribution in [0.25, 0.3) is 0 Å². The quantitative estimate of drug-likeness (QED) is 0.370. The molecule has 6 heteroatoms. The van der Waals surface area contributed by atoms with E-state index < -0.39 is 17.1 Å². The standard InChI is InChI=1S/C24H35NO5/c1-16(11-14-21(26)17(2)25(28)29)19-12-13-20-22(10-7-15-24(19,20)3)30-23(27)18-8-5-4-6-9-18/h4-6,8-9,16-17,19-22,26H,7,10-15H2,1-3H3/t16-,17?,19-,20?,21?,22+,24-/m1/s1. The van der Waals surface area contributed by atoms with E-state index in [1.807, 2.05) is 18.2 Å². The number of hydrogen-bond acceptors (Lipinski definition) is 5. The van der Waals surface area contributed by atoms with Gasteiger partial charge in [0.2, 0.25) is 6.04 Å². The molecule has 2 fully saturated rings. The van der Waals surface area contributed by atoms with E-state index in [0.717, 1.165) is 38.5 Å². The first kappa shape index (κ1) is 22.7. The van der Waals surface area contributed by atoms with Crippen molar-refractivity contribution in [3.63, 3.8) is 0 Å². The van der Waals surface area contributed by atoms with E-state index in [1.54, 1.807) is 12.1 Å². The molecule has 0 aromatic heterocycles. The molecule has 2 aliphatic carbocycles. The second-order valence-corrected chi connectivity index (χ2v) is 9.65. The molecular formula is C24H35NO5. The third-order valence-electron chi connectivity index (χ3n) is 7.90. The summed E-state index contributed by atoms with van der Waals surface area (Å²) in [5.74, 6) is 0.975. The number of fused-ring (bicyclic) bond motifs is 1. The predicted molar refractivity (Wildman–Crippen MR) is 115 cm³/mol. The van der Waals surface area contributed by atoms with Crippen molar-refractivity contribution in [2.24, 2.45) is 23.2 Å². The number of carbonyl (C=O) groups is 1. The number of carbonyl (C=O) groups excluding carboxylic acids is 1. The van der Waals surface area contributed by atoms with E-state index in [9.17, 15) is 20.0 Å². The van der Waals surface area contributed by atoms with Gasteiger partial charge in [-0.1, -0.05) is 32.0 Å². The highest BCUT2D eigenvalue weighted by molar-refractivity contribution is 5.89. The van der Waals surface area contributed by atoms with Crippen LogP contribution in [0.1, 0.15) is 76.1 Å². The Labute approximate surface area is 179 Å². The second kappa shape index (κ2) is 9.46. The molecule has 0 aliphatic heterocycles. The van der Waals surface area contributed by atoms with Crippen LogP contribution in [0.5, 0.6) is 0 Å². The Bertz CT molecular complexity index is 738. The fourth-order valence-corrected chi connectivity index (χ4v) is 6.03. The molecule has 1 N–H and O–H groups in total. The number of aliphatic hydroxyl groups is 1. The molecule has 2 aliphatic rings. The topological polar surface area (TPSA) is 89.7 Å². The summed E-state index contributed by atoms with van der Waals surface area (Å²) in [5.41, 5.74) is 0.709. The Kier molecular flexibility index (Phi) is 7.17. The van der Waals surface area contributed by atoms with E-state index in [1.165, 1.54) is 6.92 Å². The molecule has 1 aromatic carbocycles. The first-order valence-electron chi connectivity index (χ1n) is 11.3. The Hall–Kier alpha value is -1.95. The van der Waals surface area contributed by atoms with E-state index in [2.05, 4.69) is 13.8 Å². The Morgan fingerprint density at radius 1 is 1.23 bits per heavy atom. The SMILES string of the molecule is CC(C(O)CC[C@@H](C)[C@H]1CCC2[C@@H](OC(=O)c3ccccc3)CCC[C@@]21C)[N+](=O)[O-]. The molecule has 3 unspecified atom stereocenters. The van der Waals surface area contributed by atoms with Crippen molar-refractivity contribution in [3.05, 3.63) is 46.0 Å². The van der Waals surface area contributed by atoms with Gasteiger partial charge in [0.25, 0.3) is 0 Å². The third kappa shape index (κ3) is 4.69. The van der Waals surface area contributed by atoms with Gasteiger partial charge in [-0.15, -0.1) is 0 Å². The minimum absolute atomic E-state index is 0.0475. The summed E-state index contributed by atoms with van der Waals surface area (Å²) in [7, 11) is 0. The third-order valence-corrected chi connectivity index (χ3v) is 7.90. The summed E-state index contributed by atoms with van der Waals surface area (Å²) >= 11 is 0. The van der Waals surface area contributed by atoms with Gasteiger partial charge in [-0.2, -0.15) is 0 Å². The lowest BCUT2D eigenvalue weighted by Crippen LogP contribution is -2.43. The predicted octanol–water partition coefficient (Wildman–Crippen LogP) is 4.87. The molecule has 7 atom stereocenters. The van der Waals surface area contributed by atoms with Crippen LogP contribution in [0.4, 0.5) is 0 Å². The minimum Gasteiger partial charge on any atom is -0.458 e. The fourth-order valence-electron chi connectivity index (χ4n) is 6.03. The molecule has 0 saturated heterocycles. The highest BCUT2D eigenvalue weighted by Gasteiger charge is 2.53. The Morgan fingerprint density at radius 2 is 1.93 bits per heavy atom. The van der Waals surface area contributed by atoms with Crippen LogP contribution in [-0.4, -0.2) is 34.2 Å². The summed E-state index contributed by atoms with van der Waals surface area (Å²) in [6.45, 7) is 6.01. The smallest absolute Gasteiger partial charge is 0.338 e. The van der Waals surface area contributed by atoms with Crippen LogP contribution in [0.2, 0.25) is 0 Å². The van der Waals surface area contributed by atoms with Crippen molar-refractivity contribution in [3.8, 4) is 0 Å². The van der Waals surface area contributed by atoms with Gasteiger partial charge >= 0.3 is 5.97 Å². The Balaban J connectivity index is 1.62. The van der Waals surface area contributed by atoms with Crippen molar-refractivity contribution in [1.82, 2.24) is 0 Å². The maximum Gasteiger partial charge on any atom is 0.338 e. The molecule has 166 valence electrons. The molecule has 30 heavy (non-hydrogen) atoms. The van der Waals surface area contributed by atoms with Crippen LogP contribution in [0, 0.1) is 33.3 Å². The lowest BCUT2D eigenvalue weighted by Gasteiger charge is -2.46. The molecule has 6 nitrogen and oxygen atoms in total. The van der Waals surface area contributed by atoms with Gasteiger partial charge in [0.1, 0.15) is 12.2 Å². The Morgan fingerprint density at radius 3 is 2.60 bits per heavy atom. The average Bonchev–Trinajstić information content (AvgIpc) is 3.09. The lowest BCUT2D eigenvalue weighted by atomic mass is 9.61. The summed E-state index contributed by atoms with van der Waals surface area (Å²) in [5, 5.41) is 21.0. The monoisotopic (exact) mass is 417 g/mol. The number of hydrogen-bond donors (Lipinski definition) is 1. The molecule has 2 saturated carbocycles. The van der Waals surface area contributed by atoms with E-state index >= 15 is 0 Å². The van der Waals surface area contributed by atoms with Crippen molar-refractivity contribution < 1.29 is 19.6 Å². The van der Waals surface area contributed by atoms with Gasteiger partial charge < -0.3 is 9.84 Å². The van der Waals surface area contributed by atoms with Gasteiger partial charge in [-0.25, -0.2) is 4.79 Å². The van der Waals surface area contributed by atoms with Gasteiger partial charge in [-0.05, 0) is 74.3 Å². The van der Waals surface area contributed by atoms with Crippen LogP contribution >= 0.6 is 0 Å². The van der Waals surface area contributed by atoms with Gasteiger partial charge in [0.15, 0.2) is 0 Å². The molecule has 0 spiro atoms. The lowest BCUT2D eigenvalue weighted by molar-refractivity contribution is -0.530. The highest BCUT2D eigenvalue weighted by atomic mass is 16.6. The molecule has 0 amide bonds. The first-order chi connectivity index (χ1) is 14.2. The maximum absolute atomic E-state index is 12.6. The number of benzene rings is 1. The summed E-state index contributed by atoms with van der Waals surface area (Å²) in [4.78, 5) is 23.1. The number of rotatable bonds is 8. The zero-order chi connectivity index (χ0) is 21.9. The molecule has 0 heterocycles. The van der Waals surface area contributed by atoms with E-state index in [-0.39, 0.29) is 17.5 Å². The second-order valence-electron chi connectivity index (χ2n) is 9.65. The number of nitro groups is 1. The average molecular weight is 418 g/mol. The van der Waals surface area contributed by atoms with Crippen LogP contribution in [-0.2, 0) is 4.74 Å². The maximum atomic E-state index is 12.6. The number of nitrogens with zero attached hydrogens (tertiary/aromatic N) is 1. The zero-order valence-electron chi connectivity index (χ0n) is 18.3. The van der Waals surface area contributed by atoms with Gasteiger partial charge in [-0.3, -0.25) is 10.1 Å². The van der Waals surface area contributed by atoms with Crippen molar-refractivity contribution in [1.29, 1.82) is 0 Å². The number of ether oxygens (including phenoxy) is 1. The van der Waals surface area contributed by atoms with E-state index in [4.69, 9.17) is 4.74 Å². The summed E-state index contributed by atoms with van der Waals surface area (Å²) in [6.07, 6.45) is 5.50. The highest BCUT2D eigenvalue weighted by Crippen LogP contribution is 2.58. The normalized spacial score (nSPS) is 31.4. The van der Waals surface area contributed by atoms with Crippen LogP contribution in [0.3, 0.4) is 0 Å².